The molecule has 1 amide bonds. The molecule has 1 unspecified atom stereocenters. The predicted octanol–water partition coefficient (Wildman–Crippen LogP) is 2.88. The molecule has 2 N–H and O–H groups in total. The van der Waals surface area contributed by atoms with E-state index in [1.165, 1.54) is 12.1 Å². The van der Waals surface area contributed by atoms with Gasteiger partial charge in [-0.2, -0.15) is 0 Å². The van der Waals surface area contributed by atoms with Crippen LogP contribution in [0.25, 0.3) is 0 Å². The second-order valence-electron chi connectivity index (χ2n) is 5.59. The summed E-state index contributed by atoms with van der Waals surface area (Å²) in [7, 11) is 1.57. The van der Waals surface area contributed by atoms with E-state index in [0.717, 1.165) is 5.56 Å². The molecule has 0 aliphatic rings. The fourth-order valence-electron chi connectivity index (χ4n) is 2.34. The number of rotatable bonds is 8. The lowest BCUT2D eigenvalue weighted by molar-refractivity contribution is 0.00594. The normalized spacial score (nSPS) is 12.0. The molecule has 0 aliphatic heterocycles. The van der Waals surface area contributed by atoms with Crippen LogP contribution < -0.4 is 10.1 Å². The van der Waals surface area contributed by atoms with Crippen molar-refractivity contribution in [1.82, 2.24) is 5.32 Å². The molecule has 0 spiro atoms. The largest absolute Gasteiger partial charge is 0.496 e. The van der Waals surface area contributed by atoms with Crippen LogP contribution in [0.3, 0.4) is 0 Å². The molecule has 0 aliphatic carbocycles. The summed E-state index contributed by atoms with van der Waals surface area (Å²) in [4.78, 5) is 23.0. The van der Waals surface area contributed by atoms with Gasteiger partial charge in [-0.1, -0.05) is 18.2 Å². The monoisotopic (exact) mass is 347 g/mol. The Morgan fingerprint density at radius 3 is 2.44 bits per heavy atom. The number of carboxylic acid groups (broad SMARTS) is 1. The highest BCUT2D eigenvalue weighted by molar-refractivity contribution is 5.93. The SMILES string of the molecule is COc1ccccc1C(CNC(=O)c1ccc(C(=O)O)o1)OC(C)C. The Kier molecular flexibility index (Phi) is 6.19. The molecule has 1 heterocycles. The van der Waals surface area contributed by atoms with E-state index in [-0.39, 0.29) is 24.2 Å². The van der Waals surface area contributed by atoms with Crippen LogP contribution >= 0.6 is 0 Å². The highest BCUT2D eigenvalue weighted by Gasteiger charge is 2.21. The fourth-order valence-corrected chi connectivity index (χ4v) is 2.34. The van der Waals surface area contributed by atoms with Gasteiger partial charge >= 0.3 is 5.97 Å². The third kappa shape index (κ3) is 4.84. The van der Waals surface area contributed by atoms with Crippen LogP contribution in [0.5, 0.6) is 5.75 Å². The molecule has 2 rings (SSSR count). The van der Waals surface area contributed by atoms with Gasteiger partial charge in [-0.3, -0.25) is 4.79 Å². The van der Waals surface area contributed by atoms with E-state index >= 15 is 0 Å². The van der Waals surface area contributed by atoms with Gasteiger partial charge < -0.3 is 24.3 Å². The Morgan fingerprint density at radius 2 is 1.84 bits per heavy atom. The van der Waals surface area contributed by atoms with E-state index in [2.05, 4.69) is 5.32 Å². The summed E-state index contributed by atoms with van der Waals surface area (Å²) in [6.45, 7) is 3.98. The lowest BCUT2D eigenvalue weighted by atomic mass is 10.1. The third-order valence-corrected chi connectivity index (χ3v) is 3.41. The molecule has 25 heavy (non-hydrogen) atoms. The van der Waals surface area contributed by atoms with Gasteiger partial charge in [-0.15, -0.1) is 0 Å². The Hall–Kier alpha value is -2.80. The zero-order valence-corrected chi connectivity index (χ0v) is 14.3. The summed E-state index contributed by atoms with van der Waals surface area (Å²) < 4.78 is 16.2. The minimum atomic E-state index is -1.23. The number of carboxylic acids is 1. The summed E-state index contributed by atoms with van der Waals surface area (Å²) in [5.74, 6) is -1.44. The van der Waals surface area contributed by atoms with Crippen molar-refractivity contribution < 1.29 is 28.6 Å². The zero-order chi connectivity index (χ0) is 18.4. The van der Waals surface area contributed by atoms with Crippen molar-refractivity contribution in [2.24, 2.45) is 0 Å². The molecule has 1 atom stereocenters. The highest BCUT2D eigenvalue weighted by Crippen LogP contribution is 2.28. The van der Waals surface area contributed by atoms with Crippen molar-refractivity contribution in [3.05, 3.63) is 53.5 Å². The van der Waals surface area contributed by atoms with Crippen LogP contribution in [-0.2, 0) is 4.74 Å². The Morgan fingerprint density at radius 1 is 1.16 bits per heavy atom. The molecule has 7 heteroatoms. The van der Waals surface area contributed by atoms with E-state index in [4.69, 9.17) is 19.0 Å². The summed E-state index contributed by atoms with van der Waals surface area (Å²) in [5, 5.41) is 11.5. The maximum Gasteiger partial charge on any atom is 0.371 e. The number of aromatic carboxylic acids is 1. The quantitative estimate of drug-likeness (QED) is 0.762. The van der Waals surface area contributed by atoms with E-state index < -0.39 is 18.0 Å². The molecule has 0 fully saturated rings. The first-order valence-corrected chi connectivity index (χ1v) is 7.82. The van der Waals surface area contributed by atoms with Gasteiger partial charge in [-0.05, 0) is 32.0 Å². The van der Waals surface area contributed by atoms with Gasteiger partial charge in [0.25, 0.3) is 5.91 Å². The second kappa shape index (κ2) is 8.34. The first-order valence-electron chi connectivity index (χ1n) is 7.82. The van der Waals surface area contributed by atoms with Crippen molar-refractivity contribution in [3.63, 3.8) is 0 Å². The number of methoxy groups -OCH3 is 1. The number of carbonyl (C=O) groups is 2. The van der Waals surface area contributed by atoms with E-state index in [9.17, 15) is 9.59 Å². The number of benzene rings is 1. The average Bonchev–Trinajstić information content (AvgIpc) is 3.08. The lowest BCUT2D eigenvalue weighted by Gasteiger charge is -2.23. The standard InChI is InChI=1S/C18H21NO6/c1-11(2)24-16(12-6-4-5-7-13(12)23-3)10-19-17(20)14-8-9-15(25-14)18(21)22/h4-9,11,16H,10H2,1-3H3,(H,19,20)(H,21,22). The van der Waals surface area contributed by atoms with E-state index in [1.54, 1.807) is 7.11 Å². The smallest absolute Gasteiger partial charge is 0.371 e. The molecule has 0 saturated carbocycles. The number of amides is 1. The first kappa shape index (κ1) is 18.5. The van der Waals surface area contributed by atoms with Crippen molar-refractivity contribution in [2.75, 3.05) is 13.7 Å². The zero-order valence-electron chi connectivity index (χ0n) is 14.3. The second-order valence-corrected chi connectivity index (χ2v) is 5.59. The summed E-state index contributed by atoms with van der Waals surface area (Å²) >= 11 is 0. The topological polar surface area (TPSA) is 98.0 Å². The van der Waals surface area contributed by atoms with Crippen molar-refractivity contribution in [1.29, 1.82) is 0 Å². The molecule has 0 saturated heterocycles. The number of furan rings is 1. The summed E-state index contributed by atoms with van der Waals surface area (Å²) in [6.07, 6.45) is -0.483. The van der Waals surface area contributed by atoms with Gasteiger partial charge in [-0.25, -0.2) is 4.79 Å². The van der Waals surface area contributed by atoms with Crippen LogP contribution in [0.1, 0.15) is 46.6 Å². The molecule has 0 radical (unpaired) electrons. The lowest BCUT2D eigenvalue weighted by Crippen LogP contribution is -2.30. The number of hydrogen-bond donors (Lipinski definition) is 2. The van der Waals surface area contributed by atoms with Crippen LogP contribution in [0.4, 0.5) is 0 Å². The number of ether oxygens (including phenoxy) is 2. The highest BCUT2D eigenvalue weighted by atomic mass is 16.5. The molecular formula is C18H21NO6. The first-order chi connectivity index (χ1) is 11.9. The van der Waals surface area contributed by atoms with Gasteiger partial charge in [0, 0.05) is 12.1 Å². The van der Waals surface area contributed by atoms with Crippen LogP contribution in [0.2, 0.25) is 0 Å². The minimum absolute atomic E-state index is 0.0611. The summed E-state index contributed by atoms with van der Waals surface area (Å²) in [6, 6.07) is 9.96. The van der Waals surface area contributed by atoms with Gasteiger partial charge in [0.2, 0.25) is 5.76 Å². The molecular weight excluding hydrogens is 326 g/mol. The minimum Gasteiger partial charge on any atom is -0.496 e. The van der Waals surface area contributed by atoms with Crippen molar-refractivity contribution >= 4 is 11.9 Å². The average molecular weight is 347 g/mol. The number of carbonyl (C=O) groups excluding carboxylic acids is 1. The van der Waals surface area contributed by atoms with Crippen molar-refractivity contribution in [2.45, 2.75) is 26.1 Å². The van der Waals surface area contributed by atoms with Gasteiger partial charge in [0.05, 0.1) is 13.2 Å². The maximum absolute atomic E-state index is 12.2. The number of para-hydroxylation sites is 1. The molecule has 2 aromatic rings. The van der Waals surface area contributed by atoms with Crippen LogP contribution in [0, 0.1) is 0 Å². The van der Waals surface area contributed by atoms with Crippen LogP contribution in [-0.4, -0.2) is 36.7 Å². The number of nitrogens with one attached hydrogen (secondary N) is 1. The van der Waals surface area contributed by atoms with Crippen molar-refractivity contribution in [3.8, 4) is 5.75 Å². The third-order valence-electron chi connectivity index (χ3n) is 3.41. The maximum atomic E-state index is 12.2. The molecule has 7 nitrogen and oxygen atoms in total. The van der Waals surface area contributed by atoms with E-state index in [1.807, 2.05) is 38.1 Å². The van der Waals surface area contributed by atoms with E-state index in [0.29, 0.717) is 5.75 Å². The Bertz CT molecular complexity index is 737. The molecule has 0 bridgehead atoms. The Labute approximate surface area is 145 Å². The number of hydrogen-bond acceptors (Lipinski definition) is 5. The molecule has 1 aromatic heterocycles. The molecule has 1 aromatic carbocycles. The van der Waals surface area contributed by atoms with Gasteiger partial charge in [0.1, 0.15) is 11.9 Å². The predicted molar refractivity (Wildman–Crippen MR) is 90.0 cm³/mol. The van der Waals surface area contributed by atoms with Gasteiger partial charge in [0.15, 0.2) is 5.76 Å². The fraction of sp³-hybridized carbons (Fsp3) is 0.333. The van der Waals surface area contributed by atoms with Crippen LogP contribution in [0.15, 0.2) is 40.8 Å². The summed E-state index contributed by atoms with van der Waals surface area (Å²) in [5.41, 5.74) is 0.810. The Balaban J connectivity index is 2.11. The molecule has 134 valence electrons.